The fraction of sp³-hybridized carbons (Fsp3) is 0.184. The molecule has 0 unspecified atom stereocenters. The third kappa shape index (κ3) is 6.84. The molecule has 6 rings (SSSR count). The van der Waals surface area contributed by atoms with Crippen LogP contribution in [-0.2, 0) is 16.1 Å². The van der Waals surface area contributed by atoms with Crippen molar-refractivity contribution in [2.75, 3.05) is 6.61 Å². The third-order valence-corrected chi connectivity index (χ3v) is 9.08. The number of fused-ring (bicyclic) bond motifs is 1. The maximum Gasteiger partial charge on any atom is 0.338 e. The van der Waals surface area contributed by atoms with E-state index >= 15 is 0 Å². The maximum absolute atomic E-state index is 14.4. The average molecular weight is 667 g/mol. The first kappa shape index (κ1) is 32.2. The number of hydrogen-bond donors (Lipinski definition) is 0. The van der Waals surface area contributed by atoms with Crippen LogP contribution in [0.3, 0.4) is 0 Å². The van der Waals surface area contributed by atoms with E-state index in [0.717, 1.165) is 22.3 Å². The van der Waals surface area contributed by atoms with Crippen LogP contribution >= 0.6 is 22.9 Å². The first-order valence-electron chi connectivity index (χ1n) is 15.3. The van der Waals surface area contributed by atoms with Crippen LogP contribution in [0, 0.1) is 5.82 Å². The number of benzene rings is 4. The highest BCUT2D eigenvalue weighted by Gasteiger charge is 2.35. The van der Waals surface area contributed by atoms with Crippen LogP contribution in [-0.4, -0.2) is 17.1 Å². The number of aromatic nitrogens is 1. The average Bonchev–Trinajstić information content (AvgIpc) is 3.38. The van der Waals surface area contributed by atoms with Crippen LogP contribution in [0.1, 0.15) is 60.5 Å². The van der Waals surface area contributed by atoms with Gasteiger partial charge in [0.25, 0.3) is 5.56 Å². The predicted octanol–water partition coefficient (Wildman–Crippen LogP) is 7.43. The van der Waals surface area contributed by atoms with Gasteiger partial charge in [0.15, 0.2) is 4.80 Å². The van der Waals surface area contributed by atoms with Crippen molar-refractivity contribution in [1.82, 2.24) is 4.57 Å². The van der Waals surface area contributed by atoms with Crippen molar-refractivity contribution < 1.29 is 18.7 Å². The van der Waals surface area contributed by atoms with Crippen LogP contribution in [0.4, 0.5) is 4.39 Å². The van der Waals surface area contributed by atoms with Crippen molar-refractivity contribution in [3.63, 3.8) is 0 Å². The molecule has 9 heteroatoms. The number of halogens is 2. The molecule has 0 radical (unpaired) electrons. The minimum Gasteiger partial charge on any atom is -0.488 e. The summed E-state index contributed by atoms with van der Waals surface area (Å²) >= 11 is 7.61. The molecule has 1 aromatic heterocycles. The Morgan fingerprint density at radius 1 is 1.02 bits per heavy atom. The Kier molecular flexibility index (Phi) is 9.52. The van der Waals surface area contributed by atoms with E-state index in [1.807, 2.05) is 54.6 Å². The monoisotopic (exact) mass is 666 g/mol. The lowest BCUT2D eigenvalue weighted by atomic mass is 9.91. The first-order valence-corrected chi connectivity index (χ1v) is 16.5. The summed E-state index contributed by atoms with van der Waals surface area (Å²) in [7, 11) is 0. The molecule has 0 fully saturated rings. The Labute approximate surface area is 280 Å². The van der Waals surface area contributed by atoms with E-state index in [4.69, 9.17) is 26.1 Å². The molecular weight excluding hydrogens is 635 g/mol. The smallest absolute Gasteiger partial charge is 0.338 e. The molecule has 0 aliphatic carbocycles. The molecule has 0 bridgehead atoms. The molecule has 238 valence electrons. The van der Waals surface area contributed by atoms with E-state index in [0.29, 0.717) is 42.9 Å². The molecule has 0 spiro atoms. The zero-order valence-electron chi connectivity index (χ0n) is 26.1. The van der Waals surface area contributed by atoms with Gasteiger partial charge in [-0.1, -0.05) is 104 Å². The molecule has 0 saturated heterocycles. The minimum atomic E-state index is -0.780. The molecule has 47 heavy (non-hydrogen) atoms. The maximum atomic E-state index is 14.4. The Balaban J connectivity index is 1.53. The highest BCUT2D eigenvalue weighted by atomic mass is 35.5. The lowest BCUT2D eigenvalue weighted by Gasteiger charge is -2.26. The van der Waals surface area contributed by atoms with Crippen molar-refractivity contribution in [3.05, 3.63) is 161 Å². The second kappa shape index (κ2) is 13.9. The number of rotatable bonds is 9. The number of carbonyl (C=O) groups is 1. The zero-order chi connectivity index (χ0) is 33.1. The number of esters is 1. The van der Waals surface area contributed by atoms with Gasteiger partial charge in [-0.2, -0.15) is 0 Å². The van der Waals surface area contributed by atoms with Gasteiger partial charge in [-0.15, -0.1) is 0 Å². The third-order valence-electron chi connectivity index (χ3n) is 7.86. The van der Waals surface area contributed by atoms with E-state index in [1.165, 1.54) is 23.5 Å². The highest BCUT2D eigenvalue weighted by Crippen LogP contribution is 2.35. The van der Waals surface area contributed by atoms with E-state index in [-0.39, 0.29) is 24.6 Å². The summed E-state index contributed by atoms with van der Waals surface area (Å²) in [6, 6.07) is 27.9. The summed E-state index contributed by atoms with van der Waals surface area (Å²) < 4.78 is 27.1. The predicted molar refractivity (Wildman–Crippen MR) is 184 cm³/mol. The fourth-order valence-corrected chi connectivity index (χ4v) is 6.64. The molecule has 1 aliphatic heterocycles. The quantitative estimate of drug-likeness (QED) is 0.154. The molecule has 0 N–H and O–H groups in total. The normalized spacial score (nSPS) is 14.6. The SMILES string of the molecule is CCOC(=O)C1=C(c2ccccc2)N=c2s/c(=C\c3cc(Cl)ccc3OCc3ccc(F)cc3)c(=O)n2[C@@H]1c1ccc(C(C)C)cc1. The van der Waals surface area contributed by atoms with Gasteiger partial charge in [0.05, 0.1) is 28.5 Å². The van der Waals surface area contributed by atoms with Gasteiger partial charge in [0.1, 0.15) is 18.2 Å². The van der Waals surface area contributed by atoms with Gasteiger partial charge in [-0.05, 0) is 65.9 Å². The Hall–Kier alpha value is -4.79. The van der Waals surface area contributed by atoms with Gasteiger partial charge in [0, 0.05) is 16.1 Å². The van der Waals surface area contributed by atoms with Crippen LogP contribution in [0.5, 0.6) is 5.75 Å². The van der Waals surface area contributed by atoms with E-state index in [1.54, 1.807) is 47.9 Å². The van der Waals surface area contributed by atoms with Crippen molar-refractivity contribution >= 4 is 40.7 Å². The van der Waals surface area contributed by atoms with Gasteiger partial charge < -0.3 is 9.47 Å². The number of ether oxygens (including phenoxy) is 2. The summed E-state index contributed by atoms with van der Waals surface area (Å²) in [6.07, 6.45) is 1.73. The van der Waals surface area contributed by atoms with Crippen molar-refractivity contribution in [2.24, 2.45) is 4.99 Å². The fourth-order valence-electron chi connectivity index (χ4n) is 5.47. The second-order valence-corrected chi connectivity index (χ2v) is 12.8. The van der Waals surface area contributed by atoms with Gasteiger partial charge in [-0.3, -0.25) is 9.36 Å². The number of carbonyl (C=O) groups excluding carboxylic acids is 1. The van der Waals surface area contributed by atoms with Crippen molar-refractivity contribution in [1.29, 1.82) is 0 Å². The highest BCUT2D eigenvalue weighted by molar-refractivity contribution is 7.07. The summed E-state index contributed by atoms with van der Waals surface area (Å²) in [5, 5.41) is 0.470. The van der Waals surface area contributed by atoms with Crippen LogP contribution in [0.25, 0.3) is 11.8 Å². The van der Waals surface area contributed by atoms with E-state index < -0.39 is 12.0 Å². The molecule has 4 aromatic carbocycles. The second-order valence-electron chi connectivity index (χ2n) is 11.4. The van der Waals surface area contributed by atoms with Crippen molar-refractivity contribution in [2.45, 2.75) is 39.3 Å². The molecule has 5 aromatic rings. The topological polar surface area (TPSA) is 69.9 Å². The van der Waals surface area contributed by atoms with E-state index in [2.05, 4.69) is 13.8 Å². The Morgan fingerprint density at radius 2 is 1.74 bits per heavy atom. The molecule has 2 heterocycles. The van der Waals surface area contributed by atoms with Gasteiger partial charge in [0.2, 0.25) is 0 Å². The molecular formula is C38H32ClFN2O4S. The Bertz CT molecular complexity index is 2140. The van der Waals surface area contributed by atoms with E-state index in [9.17, 15) is 14.0 Å². The molecule has 6 nitrogen and oxygen atoms in total. The largest absolute Gasteiger partial charge is 0.488 e. The molecule has 0 amide bonds. The summed E-state index contributed by atoms with van der Waals surface area (Å²) in [5.41, 5.74) is 4.46. The lowest BCUT2D eigenvalue weighted by Crippen LogP contribution is -2.40. The zero-order valence-corrected chi connectivity index (χ0v) is 27.6. The first-order chi connectivity index (χ1) is 22.7. The molecule has 1 aliphatic rings. The number of nitrogens with zero attached hydrogens (tertiary/aromatic N) is 2. The summed E-state index contributed by atoms with van der Waals surface area (Å²) in [6.45, 7) is 6.35. The number of hydrogen-bond acceptors (Lipinski definition) is 6. The van der Waals surface area contributed by atoms with Crippen molar-refractivity contribution in [3.8, 4) is 5.75 Å². The lowest BCUT2D eigenvalue weighted by molar-refractivity contribution is -0.138. The minimum absolute atomic E-state index is 0.170. The van der Waals surface area contributed by atoms with Crippen LogP contribution < -0.4 is 19.6 Å². The summed E-state index contributed by atoms with van der Waals surface area (Å²) in [4.78, 5) is 33.5. The summed E-state index contributed by atoms with van der Waals surface area (Å²) in [5.74, 6) is -0.0496. The molecule has 1 atom stereocenters. The Morgan fingerprint density at radius 3 is 2.43 bits per heavy atom. The van der Waals surface area contributed by atoms with Crippen LogP contribution in [0.15, 0.2) is 112 Å². The standard InChI is InChI=1S/C38H32ClFN2O4S/c1-4-45-37(44)33-34(26-8-6-5-7-9-26)41-38-42(35(33)27-14-12-25(13-15-27)23(2)3)36(43)32(47-38)21-28-20-29(39)16-19-31(28)46-22-24-10-17-30(40)18-11-24/h5-21,23,35H,4,22H2,1-3H3/b32-21-/t35-/m1/s1. The number of thiazole rings is 1. The van der Waals surface area contributed by atoms with Gasteiger partial charge >= 0.3 is 5.97 Å². The molecule has 0 saturated carbocycles. The van der Waals surface area contributed by atoms with Gasteiger partial charge in [-0.25, -0.2) is 14.2 Å². The van der Waals surface area contributed by atoms with Crippen LogP contribution in [0.2, 0.25) is 5.02 Å².